The van der Waals surface area contributed by atoms with Gasteiger partial charge in [-0.25, -0.2) is 4.79 Å². The second-order valence-electron chi connectivity index (χ2n) is 5.80. The lowest BCUT2D eigenvalue weighted by molar-refractivity contribution is 0.0456. The van der Waals surface area contributed by atoms with E-state index in [0.29, 0.717) is 22.5 Å². The summed E-state index contributed by atoms with van der Waals surface area (Å²) in [5.74, 6) is 0.416. The van der Waals surface area contributed by atoms with E-state index in [0.717, 1.165) is 31.6 Å². The number of halogens is 2. The first-order valence-corrected chi connectivity index (χ1v) is 8.27. The summed E-state index contributed by atoms with van der Waals surface area (Å²) in [4.78, 5) is 14.0. The van der Waals surface area contributed by atoms with Crippen molar-refractivity contribution in [3.63, 3.8) is 0 Å². The Morgan fingerprint density at radius 1 is 1.50 bits per heavy atom. The molecule has 0 unspecified atom stereocenters. The van der Waals surface area contributed by atoms with Crippen molar-refractivity contribution < 1.29 is 9.53 Å². The molecule has 0 radical (unpaired) electrons. The Labute approximate surface area is 141 Å². The first-order valence-electron chi connectivity index (χ1n) is 7.51. The van der Waals surface area contributed by atoms with Crippen LogP contribution >= 0.6 is 23.2 Å². The van der Waals surface area contributed by atoms with E-state index in [4.69, 9.17) is 27.9 Å². The molecule has 2 amide bonds. The maximum Gasteiger partial charge on any atom is 0.317 e. The van der Waals surface area contributed by atoms with Gasteiger partial charge in [0.1, 0.15) is 0 Å². The average molecular weight is 345 g/mol. The highest BCUT2D eigenvalue weighted by molar-refractivity contribution is 6.35. The number of rotatable bonds is 4. The van der Waals surface area contributed by atoms with Crippen LogP contribution in [0, 0.1) is 5.92 Å². The molecule has 1 aliphatic heterocycles. The second-order valence-corrected chi connectivity index (χ2v) is 6.64. The highest BCUT2D eigenvalue weighted by Crippen LogP contribution is 2.26. The SMILES string of the molecule is C[C@@H](NC(=O)N(C)C[C@@H]1CCCOC1)c1ccc(Cl)cc1Cl. The molecule has 122 valence electrons. The minimum absolute atomic E-state index is 0.107. The Kier molecular flexibility index (Phi) is 6.36. The number of amides is 2. The molecule has 1 aromatic carbocycles. The van der Waals surface area contributed by atoms with Crippen molar-refractivity contribution in [2.45, 2.75) is 25.8 Å². The van der Waals surface area contributed by atoms with Crippen molar-refractivity contribution in [1.29, 1.82) is 0 Å². The number of hydrogen-bond donors (Lipinski definition) is 1. The summed E-state index contributed by atoms with van der Waals surface area (Å²) in [6, 6.07) is 5.01. The zero-order valence-electron chi connectivity index (χ0n) is 12.9. The topological polar surface area (TPSA) is 41.6 Å². The summed E-state index contributed by atoms with van der Waals surface area (Å²) in [6.45, 7) is 4.17. The molecule has 1 heterocycles. The fourth-order valence-electron chi connectivity index (χ4n) is 2.65. The first-order chi connectivity index (χ1) is 10.5. The third-order valence-corrected chi connectivity index (χ3v) is 4.46. The van der Waals surface area contributed by atoms with E-state index >= 15 is 0 Å². The largest absolute Gasteiger partial charge is 0.381 e. The molecular weight excluding hydrogens is 323 g/mol. The highest BCUT2D eigenvalue weighted by Gasteiger charge is 2.20. The number of benzene rings is 1. The van der Waals surface area contributed by atoms with Crippen LogP contribution in [0.4, 0.5) is 4.79 Å². The Bertz CT molecular complexity index is 519. The summed E-state index contributed by atoms with van der Waals surface area (Å²) in [5.41, 5.74) is 0.855. The van der Waals surface area contributed by atoms with Crippen molar-refractivity contribution in [1.82, 2.24) is 10.2 Å². The Balaban J connectivity index is 1.89. The summed E-state index contributed by atoms with van der Waals surface area (Å²) in [5, 5.41) is 4.11. The minimum Gasteiger partial charge on any atom is -0.381 e. The van der Waals surface area contributed by atoms with Gasteiger partial charge in [0.05, 0.1) is 12.6 Å². The minimum atomic E-state index is -0.178. The summed E-state index contributed by atoms with van der Waals surface area (Å²) < 4.78 is 5.45. The number of nitrogens with one attached hydrogen (secondary N) is 1. The van der Waals surface area contributed by atoms with E-state index in [9.17, 15) is 4.79 Å². The lowest BCUT2D eigenvalue weighted by atomic mass is 10.0. The molecule has 0 bridgehead atoms. The molecule has 4 nitrogen and oxygen atoms in total. The van der Waals surface area contributed by atoms with E-state index < -0.39 is 0 Å². The maximum absolute atomic E-state index is 12.3. The van der Waals surface area contributed by atoms with Gasteiger partial charge >= 0.3 is 6.03 Å². The van der Waals surface area contributed by atoms with Gasteiger partial charge in [0, 0.05) is 36.2 Å². The molecule has 0 spiro atoms. The van der Waals surface area contributed by atoms with Gasteiger partial charge in [0.15, 0.2) is 0 Å². The fraction of sp³-hybridized carbons (Fsp3) is 0.562. The molecule has 1 aliphatic rings. The van der Waals surface area contributed by atoms with Crippen molar-refractivity contribution >= 4 is 29.2 Å². The Morgan fingerprint density at radius 2 is 2.27 bits per heavy atom. The fourth-order valence-corrected chi connectivity index (χ4v) is 3.22. The van der Waals surface area contributed by atoms with E-state index in [-0.39, 0.29) is 12.1 Å². The van der Waals surface area contributed by atoms with Crippen LogP contribution in [0.15, 0.2) is 18.2 Å². The van der Waals surface area contributed by atoms with Crippen LogP contribution in [0.1, 0.15) is 31.4 Å². The van der Waals surface area contributed by atoms with Gasteiger partial charge in [-0.15, -0.1) is 0 Å². The Morgan fingerprint density at radius 3 is 2.91 bits per heavy atom. The van der Waals surface area contributed by atoms with E-state index in [1.54, 1.807) is 24.1 Å². The smallest absolute Gasteiger partial charge is 0.317 e. The van der Waals surface area contributed by atoms with Crippen LogP contribution in [0.3, 0.4) is 0 Å². The first kappa shape index (κ1) is 17.4. The van der Waals surface area contributed by atoms with Gasteiger partial charge in [-0.2, -0.15) is 0 Å². The van der Waals surface area contributed by atoms with Crippen LogP contribution in [-0.2, 0) is 4.74 Å². The predicted molar refractivity (Wildman–Crippen MR) is 89.6 cm³/mol. The quantitative estimate of drug-likeness (QED) is 0.892. The molecule has 1 aromatic rings. The van der Waals surface area contributed by atoms with Crippen LogP contribution in [0.5, 0.6) is 0 Å². The molecule has 6 heteroatoms. The molecule has 1 saturated heterocycles. The van der Waals surface area contributed by atoms with Gasteiger partial charge in [0.2, 0.25) is 0 Å². The van der Waals surface area contributed by atoms with E-state index in [1.165, 1.54) is 0 Å². The molecule has 0 aliphatic carbocycles. The zero-order valence-corrected chi connectivity index (χ0v) is 14.5. The standard InChI is InChI=1S/C16H22Cl2N2O2/c1-11(14-6-5-13(17)8-15(14)18)19-16(21)20(2)9-12-4-3-7-22-10-12/h5-6,8,11-12H,3-4,7,9-10H2,1-2H3,(H,19,21)/t11-,12+/m1/s1. The molecule has 1 N–H and O–H groups in total. The third kappa shape index (κ3) is 4.77. The highest BCUT2D eigenvalue weighted by atomic mass is 35.5. The van der Waals surface area contributed by atoms with E-state index in [2.05, 4.69) is 5.32 Å². The van der Waals surface area contributed by atoms with Crippen molar-refractivity contribution in [3.05, 3.63) is 33.8 Å². The number of urea groups is 1. The van der Waals surface area contributed by atoms with Crippen molar-refractivity contribution in [2.24, 2.45) is 5.92 Å². The lowest BCUT2D eigenvalue weighted by Gasteiger charge is -2.28. The summed E-state index contributed by atoms with van der Waals surface area (Å²) in [7, 11) is 1.81. The number of carbonyl (C=O) groups is 1. The summed E-state index contributed by atoms with van der Waals surface area (Å²) in [6.07, 6.45) is 2.17. The van der Waals surface area contributed by atoms with Gasteiger partial charge in [-0.3, -0.25) is 0 Å². The van der Waals surface area contributed by atoms with Crippen molar-refractivity contribution in [2.75, 3.05) is 26.8 Å². The monoisotopic (exact) mass is 344 g/mol. The van der Waals surface area contributed by atoms with Gasteiger partial charge < -0.3 is 15.0 Å². The molecule has 1 fully saturated rings. The molecule has 2 rings (SSSR count). The number of nitrogens with zero attached hydrogens (tertiary/aromatic N) is 1. The molecule has 0 saturated carbocycles. The normalized spacial score (nSPS) is 19.5. The zero-order chi connectivity index (χ0) is 16.1. The summed E-state index contributed by atoms with van der Waals surface area (Å²) >= 11 is 12.1. The maximum atomic E-state index is 12.3. The number of ether oxygens (including phenoxy) is 1. The van der Waals surface area contributed by atoms with Crippen LogP contribution in [0.25, 0.3) is 0 Å². The third-order valence-electron chi connectivity index (χ3n) is 3.90. The molecule has 22 heavy (non-hydrogen) atoms. The number of hydrogen-bond acceptors (Lipinski definition) is 2. The van der Waals surface area contributed by atoms with Crippen LogP contribution < -0.4 is 5.32 Å². The molecule has 0 aromatic heterocycles. The van der Waals surface area contributed by atoms with Gasteiger partial charge in [-0.05, 0) is 37.5 Å². The van der Waals surface area contributed by atoms with Gasteiger partial charge in [0.25, 0.3) is 0 Å². The van der Waals surface area contributed by atoms with Crippen molar-refractivity contribution in [3.8, 4) is 0 Å². The van der Waals surface area contributed by atoms with Crippen LogP contribution in [-0.4, -0.2) is 37.7 Å². The second kappa shape index (κ2) is 8.04. The number of carbonyl (C=O) groups excluding carboxylic acids is 1. The molecular formula is C16H22Cl2N2O2. The van der Waals surface area contributed by atoms with Crippen LogP contribution in [0.2, 0.25) is 10.0 Å². The lowest BCUT2D eigenvalue weighted by Crippen LogP contribution is -2.42. The average Bonchev–Trinajstić information content (AvgIpc) is 2.47. The van der Waals surface area contributed by atoms with E-state index in [1.807, 2.05) is 13.0 Å². The Hall–Kier alpha value is -0.970. The van der Waals surface area contributed by atoms with Gasteiger partial charge in [-0.1, -0.05) is 29.3 Å². The predicted octanol–water partition coefficient (Wildman–Crippen LogP) is 4.12. The molecule has 2 atom stereocenters.